The summed E-state index contributed by atoms with van der Waals surface area (Å²) in [6.45, 7) is 1.82. The highest BCUT2D eigenvalue weighted by Gasteiger charge is 2.21. The Balaban J connectivity index is 1.61. The van der Waals surface area contributed by atoms with Crippen molar-refractivity contribution in [1.82, 2.24) is 10.1 Å². The molecule has 0 aliphatic carbocycles. The fraction of sp³-hybridized carbons (Fsp3) is 0.0500. The van der Waals surface area contributed by atoms with Gasteiger partial charge in [-0.25, -0.2) is 4.98 Å². The molecule has 0 saturated heterocycles. The molecule has 0 amide bonds. The maximum Gasteiger partial charge on any atom is 0.203 e. The second-order valence-electron chi connectivity index (χ2n) is 6.13. The predicted octanol–water partition coefficient (Wildman–Crippen LogP) is 7.83. The molecule has 2 aromatic heterocycles. The second-order valence-corrected chi connectivity index (χ2v) is 8.65. The number of aromatic nitrogens is 2. The van der Waals surface area contributed by atoms with Crippen LogP contribution in [0.25, 0.3) is 22.5 Å². The lowest BCUT2D eigenvalue weighted by Gasteiger charge is -2.03. The maximum absolute atomic E-state index is 6.35. The summed E-state index contributed by atoms with van der Waals surface area (Å²) in [7, 11) is 0. The molecule has 0 aliphatic heterocycles. The molecule has 10 heteroatoms. The van der Waals surface area contributed by atoms with Crippen molar-refractivity contribution < 1.29 is 4.52 Å². The first-order chi connectivity index (χ1) is 14.4. The fourth-order valence-electron chi connectivity index (χ4n) is 2.77. The van der Waals surface area contributed by atoms with Gasteiger partial charge >= 0.3 is 0 Å². The Kier molecular flexibility index (Phi) is 6.32. The third-order valence-electron chi connectivity index (χ3n) is 4.16. The topological polar surface area (TPSA) is 63.3 Å². The van der Waals surface area contributed by atoms with E-state index in [1.54, 1.807) is 42.6 Å². The average molecular weight is 498 g/mol. The first-order valence-corrected chi connectivity index (χ1v) is 10.9. The molecule has 0 atom stereocenters. The molecule has 2 aromatic carbocycles. The molecule has 0 bridgehead atoms. The molecule has 4 aromatic rings. The summed E-state index contributed by atoms with van der Waals surface area (Å²) in [5, 5.41) is 12.9. The van der Waals surface area contributed by atoms with E-state index in [4.69, 9.17) is 50.9 Å². The summed E-state index contributed by atoms with van der Waals surface area (Å²) in [5.41, 5.74) is 6.26. The standard InChI is InChI=1S/C20H12Cl4N4OS/c1-10-18(19(28-29-10)12-6-5-11(21)7-16(12)24)17-9-30-20(26-17)27-25-8-13-14(22)3-2-4-15(13)23/h2-9H,1H3,(H,26,27). The first kappa shape index (κ1) is 21.2. The lowest BCUT2D eigenvalue weighted by molar-refractivity contribution is 0.400. The number of hydrazone groups is 1. The van der Waals surface area contributed by atoms with Crippen LogP contribution in [0.15, 0.2) is 51.4 Å². The van der Waals surface area contributed by atoms with Gasteiger partial charge in [0.05, 0.1) is 32.5 Å². The van der Waals surface area contributed by atoms with Gasteiger partial charge in [0.15, 0.2) is 0 Å². The lowest BCUT2D eigenvalue weighted by Crippen LogP contribution is -1.92. The van der Waals surface area contributed by atoms with E-state index in [-0.39, 0.29) is 0 Å². The molecule has 30 heavy (non-hydrogen) atoms. The van der Waals surface area contributed by atoms with Gasteiger partial charge in [-0.05, 0) is 37.3 Å². The Hall–Kier alpha value is -2.09. The third kappa shape index (κ3) is 4.33. The molecule has 0 radical (unpaired) electrons. The van der Waals surface area contributed by atoms with E-state index in [1.807, 2.05) is 12.3 Å². The number of nitrogens with zero attached hydrogens (tertiary/aromatic N) is 3. The molecule has 5 nitrogen and oxygen atoms in total. The number of rotatable bonds is 5. The van der Waals surface area contributed by atoms with Gasteiger partial charge in [-0.2, -0.15) is 5.10 Å². The molecule has 1 N–H and O–H groups in total. The van der Waals surface area contributed by atoms with Crippen LogP contribution in [0.1, 0.15) is 11.3 Å². The van der Waals surface area contributed by atoms with Crippen LogP contribution in [0, 0.1) is 6.92 Å². The summed E-state index contributed by atoms with van der Waals surface area (Å²) in [4.78, 5) is 4.58. The van der Waals surface area contributed by atoms with Gasteiger partial charge in [-0.3, -0.25) is 5.43 Å². The fourth-order valence-corrected chi connectivity index (χ4v) is 4.41. The van der Waals surface area contributed by atoms with Crippen LogP contribution in [-0.2, 0) is 0 Å². The van der Waals surface area contributed by atoms with E-state index in [1.165, 1.54) is 11.3 Å². The molecular weight excluding hydrogens is 486 g/mol. The van der Waals surface area contributed by atoms with Crippen molar-refractivity contribution in [1.29, 1.82) is 0 Å². The summed E-state index contributed by atoms with van der Waals surface area (Å²) in [6.07, 6.45) is 1.55. The number of anilines is 1. The van der Waals surface area contributed by atoms with Crippen molar-refractivity contribution in [3.63, 3.8) is 0 Å². The quantitative estimate of drug-likeness (QED) is 0.225. The van der Waals surface area contributed by atoms with Gasteiger partial charge in [0.25, 0.3) is 0 Å². The van der Waals surface area contributed by atoms with Crippen LogP contribution in [0.3, 0.4) is 0 Å². The summed E-state index contributed by atoms with van der Waals surface area (Å²) < 4.78 is 5.41. The number of aryl methyl sites for hydroxylation is 1. The molecule has 0 aliphatic rings. The highest BCUT2D eigenvalue weighted by Crippen LogP contribution is 2.39. The van der Waals surface area contributed by atoms with E-state index in [2.05, 4.69) is 20.7 Å². The monoisotopic (exact) mass is 496 g/mol. The van der Waals surface area contributed by atoms with Crippen molar-refractivity contribution in [2.45, 2.75) is 6.92 Å². The van der Waals surface area contributed by atoms with Crippen LogP contribution < -0.4 is 5.43 Å². The number of hydrogen-bond acceptors (Lipinski definition) is 6. The summed E-state index contributed by atoms with van der Waals surface area (Å²) >= 11 is 26.0. The zero-order chi connectivity index (χ0) is 21.3. The zero-order valence-corrected chi connectivity index (χ0v) is 19.1. The van der Waals surface area contributed by atoms with Crippen molar-refractivity contribution >= 4 is 69.1 Å². The van der Waals surface area contributed by atoms with Crippen molar-refractivity contribution in [3.8, 4) is 22.5 Å². The van der Waals surface area contributed by atoms with E-state index >= 15 is 0 Å². The molecule has 0 fully saturated rings. The van der Waals surface area contributed by atoms with Crippen LogP contribution in [0.4, 0.5) is 5.13 Å². The highest BCUT2D eigenvalue weighted by molar-refractivity contribution is 7.14. The minimum Gasteiger partial charge on any atom is -0.360 e. The zero-order valence-electron chi connectivity index (χ0n) is 15.3. The first-order valence-electron chi connectivity index (χ1n) is 8.54. The predicted molar refractivity (Wildman–Crippen MR) is 125 cm³/mol. The van der Waals surface area contributed by atoms with E-state index in [0.717, 1.165) is 5.56 Å². The Labute approximate surface area is 196 Å². The number of nitrogens with one attached hydrogen (secondary N) is 1. The van der Waals surface area contributed by atoms with Gasteiger partial charge in [0, 0.05) is 21.5 Å². The van der Waals surface area contributed by atoms with Gasteiger partial charge in [0.1, 0.15) is 11.5 Å². The van der Waals surface area contributed by atoms with Crippen molar-refractivity contribution in [3.05, 3.63) is 73.2 Å². The van der Waals surface area contributed by atoms with E-state index in [9.17, 15) is 0 Å². The summed E-state index contributed by atoms with van der Waals surface area (Å²) in [5.74, 6) is 0.624. The Morgan fingerprint density at radius 3 is 2.57 bits per heavy atom. The lowest BCUT2D eigenvalue weighted by atomic mass is 10.0. The maximum atomic E-state index is 6.35. The molecular formula is C20H12Cl4N4OS. The van der Waals surface area contributed by atoms with Crippen LogP contribution in [-0.4, -0.2) is 16.4 Å². The number of halogens is 4. The minimum atomic E-state index is 0.479. The SMILES string of the molecule is Cc1onc(-c2ccc(Cl)cc2Cl)c1-c1csc(NN=Cc2c(Cl)cccc2Cl)n1. The summed E-state index contributed by atoms with van der Waals surface area (Å²) in [6, 6.07) is 10.5. The molecule has 0 saturated carbocycles. The van der Waals surface area contributed by atoms with Crippen molar-refractivity contribution in [2.24, 2.45) is 5.10 Å². The average Bonchev–Trinajstić information content (AvgIpc) is 3.30. The van der Waals surface area contributed by atoms with Gasteiger partial charge < -0.3 is 4.52 Å². The van der Waals surface area contributed by atoms with Crippen molar-refractivity contribution in [2.75, 3.05) is 5.43 Å². The Bertz CT molecular complexity index is 1230. The molecule has 4 rings (SSSR count). The van der Waals surface area contributed by atoms with Gasteiger partial charge in [-0.1, -0.05) is 57.6 Å². The Morgan fingerprint density at radius 2 is 1.83 bits per heavy atom. The van der Waals surface area contributed by atoms with Crippen LogP contribution in [0.2, 0.25) is 20.1 Å². The molecule has 152 valence electrons. The molecule has 0 unspecified atom stereocenters. The minimum absolute atomic E-state index is 0.479. The number of benzene rings is 2. The highest BCUT2D eigenvalue weighted by atomic mass is 35.5. The second kappa shape index (κ2) is 8.96. The Morgan fingerprint density at radius 1 is 1.07 bits per heavy atom. The molecule has 0 spiro atoms. The van der Waals surface area contributed by atoms with Crippen LogP contribution >= 0.6 is 57.7 Å². The van der Waals surface area contributed by atoms with E-state index < -0.39 is 0 Å². The third-order valence-corrected chi connectivity index (χ3v) is 6.12. The normalized spacial score (nSPS) is 11.4. The number of hydrogen-bond donors (Lipinski definition) is 1. The van der Waals surface area contributed by atoms with Gasteiger partial charge in [-0.15, -0.1) is 11.3 Å². The van der Waals surface area contributed by atoms with Crippen LogP contribution in [0.5, 0.6) is 0 Å². The smallest absolute Gasteiger partial charge is 0.203 e. The molecule has 2 heterocycles. The van der Waals surface area contributed by atoms with E-state index in [0.29, 0.717) is 53.5 Å². The largest absolute Gasteiger partial charge is 0.360 e. The van der Waals surface area contributed by atoms with Gasteiger partial charge in [0.2, 0.25) is 5.13 Å². The number of thiazole rings is 1.